The molecular weight excluding hydrogens is 328 g/mol. The molecule has 0 saturated carbocycles. The van der Waals surface area contributed by atoms with E-state index in [-0.39, 0.29) is 10.4 Å². The molecule has 3 rings (SSSR count). The molecule has 2 aliphatic rings. The van der Waals surface area contributed by atoms with Crippen LogP contribution in [-0.2, 0) is 19.9 Å². The Balaban J connectivity index is 1.91. The first-order valence-electron chi connectivity index (χ1n) is 9.90. The van der Waals surface area contributed by atoms with Crippen molar-refractivity contribution in [1.82, 2.24) is 0 Å². The molecular formula is C20H34O2Si2. The van der Waals surface area contributed by atoms with Crippen molar-refractivity contribution in [2.45, 2.75) is 75.2 Å². The Morgan fingerprint density at radius 2 is 1.04 bits per heavy atom. The molecule has 2 heterocycles. The molecule has 0 N–H and O–H groups in total. The summed E-state index contributed by atoms with van der Waals surface area (Å²) in [7, 11) is -1.89. The van der Waals surface area contributed by atoms with Crippen LogP contribution in [0.1, 0.15) is 49.7 Å². The van der Waals surface area contributed by atoms with Crippen molar-refractivity contribution in [3.8, 4) is 0 Å². The van der Waals surface area contributed by atoms with Gasteiger partial charge in [-0.05, 0) is 49.7 Å². The van der Waals surface area contributed by atoms with Crippen molar-refractivity contribution in [2.24, 2.45) is 0 Å². The Labute approximate surface area is 151 Å². The topological polar surface area (TPSA) is 18.5 Å². The average Bonchev–Trinajstić information content (AvgIpc) is 2.62. The monoisotopic (exact) mass is 362 g/mol. The zero-order valence-corrected chi connectivity index (χ0v) is 18.2. The predicted molar refractivity (Wildman–Crippen MR) is 107 cm³/mol. The molecule has 2 atom stereocenters. The normalized spacial score (nSPS) is 31.6. The minimum absolute atomic E-state index is 0.0482. The van der Waals surface area contributed by atoms with E-state index in [1.165, 1.54) is 49.7 Å². The second kappa shape index (κ2) is 7.44. The molecule has 1 aromatic rings. The SMILES string of the molecule is C[SiH](C)C1(c2ccc(C3([SiH](C)C)CCCCO3)cc2)CCCCO1. The largest absolute Gasteiger partial charge is 0.374 e. The molecule has 0 amide bonds. The van der Waals surface area contributed by atoms with E-state index in [4.69, 9.17) is 9.47 Å². The lowest BCUT2D eigenvalue weighted by Gasteiger charge is -2.43. The standard InChI is InChI=1S/C20H34O2Si2/c1-23(2)19(13-5-7-15-21-19)17-9-11-18(12-10-17)20(24(3)4)14-6-8-16-22-20/h9-12,23-24H,5-8,13-16H2,1-4H3. The zero-order chi connectivity index (χ0) is 17.2. The van der Waals surface area contributed by atoms with Crippen molar-refractivity contribution in [2.75, 3.05) is 13.2 Å². The van der Waals surface area contributed by atoms with Crippen LogP contribution in [0.25, 0.3) is 0 Å². The first-order valence-corrected chi connectivity index (χ1v) is 15.7. The second-order valence-electron chi connectivity index (χ2n) is 8.28. The van der Waals surface area contributed by atoms with Gasteiger partial charge in [0.15, 0.2) is 0 Å². The van der Waals surface area contributed by atoms with Crippen molar-refractivity contribution < 1.29 is 9.47 Å². The minimum Gasteiger partial charge on any atom is -0.374 e. The molecule has 0 aliphatic carbocycles. The third-order valence-corrected chi connectivity index (χ3v) is 11.6. The van der Waals surface area contributed by atoms with Gasteiger partial charge < -0.3 is 9.47 Å². The fourth-order valence-corrected chi connectivity index (χ4v) is 8.88. The molecule has 0 bridgehead atoms. The summed E-state index contributed by atoms with van der Waals surface area (Å²) in [4.78, 5) is 0. The van der Waals surface area contributed by atoms with Crippen molar-refractivity contribution in [3.05, 3.63) is 35.4 Å². The number of rotatable bonds is 4. The first-order chi connectivity index (χ1) is 11.5. The van der Waals surface area contributed by atoms with Crippen LogP contribution in [0.3, 0.4) is 0 Å². The summed E-state index contributed by atoms with van der Waals surface area (Å²) < 4.78 is 12.8. The molecule has 4 heteroatoms. The highest BCUT2D eigenvalue weighted by atomic mass is 28.3. The van der Waals surface area contributed by atoms with Crippen LogP contribution < -0.4 is 0 Å². The van der Waals surface area contributed by atoms with E-state index < -0.39 is 17.6 Å². The van der Waals surface area contributed by atoms with E-state index in [9.17, 15) is 0 Å². The van der Waals surface area contributed by atoms with Crippen LogP contribution in [0.4, 0.5) is 0 Å². The Bertz CT molecular complexity index is 478. The van der Waals surface area contributed by atoms with Gasteiger partial charge in [0.05, 0.1) is 28.0 Å². The quantitative estimate of drug-likeness (QED) is 0.733. The molecule has 2 unspecified atom stereocenters. The molecule has 1 aromatic carbocycles. The summed E-state index contributed by atoms with van der Waals surface area (Å²) >= 11 is 0. The maximum absolute atomic E-state index is 6.41. The van der Waals surface area contributed by atoms with Gasteiger partial charge in [-0.25, -0.2) is 0 Å². The molecule has 0 radical (unpaired) electrons. The fraction of sp³-hybridized carbons (Fsp3) is 0.700. The number of hydrogen-bond acceptors (Lipinski definition) is 2. The maximum atomic E-state index is 6.41. The van der Waals surface area contributed by atoms with Crippen LogP contribution in [0.15, 0.2) is 24.3 Å². The van der Waals surface area contributed by atoms with Gasteiger partial charge in [-0.1, -0.05) is 50.5 Å². The molecule has 24 heavy (non-hydrogen) atoms. The summed E-state index contributed by atoms with van der Waals surface area (Å²) in [6, 6.07) is 9.46. The molecule has 134 valence electrons. The number of benzene rings is 1. The van der Waals surface area contributed by atoms with E-state index >= 15 is 0 Å². The Kier molecular flexibility index (Phi) is 5.70. The predicted octanol–water partition coefficient (Wildman–Crippen LogP) is 4.53. The van der Waals surface area contributed by atoms with E-state index in [0.29, 0.717) is 0 Å². The summed E-state index contributed by atoms with van der Waals surface area (Å²) in [5, 5.41) is 0.0965. The highest BCUT2D eigenvalue weighted by Crippen LogP contribution is 2.41. The lowest BCUT2D eigenvalue weighted by molar-refractivity contribution is -0.0287. The van der Waals surface area contributed by atoms with Crippen molar-refractivity contribution >= 4 is 17.6 Å². The highest BCUT2D eigenvalue weighted by molar-refractivity contribution is 6.59. The van der Waals surface area contributed by atoms with Gasteiger partial charge in [0, 0.05) is 13.2 Å². The van der Waals surface area contributed by atoms with Crippen LogP contribution in [0.5, 0.6) is 0 Å². The number of ether oxygens (including phenoxy) is 2. The number of hydrogen-bond donors (Lipinski definition) is 0. The van der Waals surface area contributed by atoms with Gasteiger partial charge >= 0.3 is 0 Å². The molecule has 2 saturated heterocycles. The van der Waals surface area contributed by atoms with Gasteiger partial charge in [0.2, 0.25) is 0 Å². The Morgan fingerprint density at radius 1 is 0.667 bits per heavy atom. The van der Waals surface area contributed by atoms with Crippen LogP contribution in [0, 0.1) is 0 Å². The minimum atomic E-state index is -0.946. The van der Waals surface area contributed by atoms with Gasteiger partial charge in [-0.3, -0.25) is 0 Å². The molecule has 0 spiro atoms. The molecule has 2 nitrogen and oxygen atoms in total. The van der Waals surface area contributed by atoms with E-state index in [1.54, 1.807) is 0 Å². The van der Waals surface area contributed by atoms with Crippen LogP contribution in [0.2, 0.25) is 26.2 Å². The summed E-state index contributed by atoms with van der Waals surface area (Å²) in [5.41, 5.74) is 2.84. The van der Waals surface area contributed by atoms with E-state index in [0.717, 1.165) is 13.2 Å². The lowest BCUT2D eigenvalue weighted by atomic mass is 9.95. The first kappa shape index (κ1) is 18.4. The third-order valence-electron chi connectivity index (χ3n) is 6.33. The van der Waals surface area contributed by atoms with Crippen LogP contribution >= 0.6 is 0 Å². The Morgan fingerprint density at radius 3 is 1.29 bits per heavy atom. The summed E-state index contributed by atoms with van der Waals surface area (Å²) in [6.07, 6.45) is 7.46. The average molecular weight is 363 g/mol. The molecule has 2 aliphatic heterocycles. The zero-order valence-electron chi connectivity index (χ0n) is 15.9. The Hall–Kier alpha value is -0.426. The lowest BCUT2D eigenvalue weighted by Crippen LogP contribution is -2.46. The van der Waals surface area contributed by atoms with Crippen molar-refractivity contribution in [1.29, 1.82) is 0 Å². The van der Waals surface area contributed by atoms with Gasteiger partial charge in [-0.15, -0.1) is 0 Å². The maximum Gasteiger partial charge on any atom is 0.0787 e. The fourth-order valence-electron chi connectivity index (χ4n) is 4.70. The summed E-state index contributed by atoms with van der Waals surface area (Å²) in [5.74, 6) is 0. The van der Waals surface area contributed by atoms with E-state index in [1.807, 2.05) is 0 Å². The second-order valence-corrected chi connectivity index (χ2v) is 14.8. The van der Waals surface area contributed by atoms with Gasteiger partial charge in [0.25, 0.3) is 0 Å². The molecule has 0 aromatic heterocycles. The smallest absolute Gasteiger partial charge is 0.0787 e. The third kappa shape index (κ3) is 3.18. The van der Waals surface area contributed by atoms with E-state index in [2.05, 4.69) is 50.5 Å². The molecule has 2 fully saturated rings. The summed E-state index contributed by atoms with van der Waals surface area (Å²) in [6.45, 7) is 11.6. The van der Waals surface area contributed by atoms with Crippen molar-refractivity contribution in [3.63, 3.8) is 0 Å². The van der Waals surface area contributed by atoms with Gasteiger partial charge in [-0.2, -0.15) is 0 Å². The van der Waals surface area contributed by atoms with Gasteiger partial charge in [0.1, 0.15) is 0 Å². The highest BCUT2D eigenvalue weighted by Gasteiger charge is 2.41. The van der Waals surface area contributed by atoms with Crippen LogP contribution in [-0.4, -0.2) is 30.8 Å².